The van der Waals surface area contributed by atoms with Crippen LogP contribution in [-0.2, 0) is 25.5 Å². The van der Waals surface area contributed by atoms with Gasteiger partial charge >= 0.3 is 11.9 Å². The molecule has 0 saturated heterocycles. The quantitative estimate of drug-likeness (QED) is 0.579. The molecule has 2 aromatic rings. The molecule has 4 aliphatic carbocycles. The Morgan fingerprint density at radius 3 is 2.46 bits per heavy atom. The summed E-state index contributed by atoms with van der Waals surface area (Å²) in [5.74, 6) is -0.854. The normalized spacial score (nSPS) is 29.3. The van der Waals surface area contributed by atoms with Crippen molar-refractivity contribution in [2.45, 2.75) is 51.0 Å². The lowest BCUT2D eigenvalue weighted by Crippen LogP contribution is -2.61. The number of esters is 1. The standard InChI is InChI=1S/C26H27N3O6/c1-34-24(33)26-11-16-6-17(12-26)10-25(9-16,14-26)23(32)28-21(22(30)31)8-19-7-20(29-35-19)18-4-2-15(13-27)3-5-18/h2-5,7,16-17,21H,6,8-12,14H2,1H3,(H,28,32)(H,30,31). The molecule has 9 nitrogen and oxygen atoms in total. The van der Waals surface area contributed by atoms with Crippen LogP contribution in [0.2, 0.25) is 0 Å². The highest BCUT2D eigenvalue weighted by atomic mass is 16.5. The van der Waals surface area contributed by atoms with Crippen molar-refractivity contribution in [2.75, 3.05) is 7.11 Å². The van der Waals surface area contributed by atoms with Gasteiger partial charge < -0.3 is 19.7 Å². The highest BCUT2D eigenvalue weighted by Crippen LogP contribution is 2.65. The summed E-state index contributed by atoms with van der Waals surface area (Å²) in [7, 11) is 1.39. The first-order valence-corrected chi connectivity index (χ1v) is 11.8. The molecule has 1 aromatic heterocycles. The molecule has 4 aliphatic rings. The van der Waals surface area contributed by atoms with Crippen molar-refractivity contribution in [3.8, 4) is 17.3 Å². The molecular formula is C26H27N3O6. The Morgan fingerprint density at radius 2 is 1.86 bits per heavy atom. The van der Waals surface area contributed by atoms with Crippen molar-refractivity contribution in [1.82, 2.24) is 10.5 Å². The molecule has 4 bridgehead atoms. The molecule has 6 rings (SSSR count). The number of carbonyl (C=O) groups excluding carboxylic acids is 2. The summed E-state index contributed by atoms with van der Waals surface area (Å²) in [6, 6.07) is 9.30. The van der Waals surface area contributed by atoms with Gasteiger partial charge in [-0.05, 0) is 62.5 Å². The number of nitrogens with one attached hydrogen (secondary N) is 1. The summed E-state index contributed by atoms with van der Waals surface area (Å²) in [4.78, 5) is 38.3. The fraction of sp³-hybridized carbons (Fsp3) is 0.500. The molecule has 1 aromatic carbocycles. The van der Waals surface area contributed by atoms with Crippen LogP contribution in [0, 0.1) is 34.0 Å². The van der Waals surface area contributed by atoms with E-state index in [4.69, 9.17) is 14.5 Å². The van der Waals surface area contributed by atoms with Crippen LogP contribution in [0.15, 0.2) is 34.9 Å². The minimum Gasteiger partial charge on any atom is -0.480 e. The van der Waals surface area contributed by atoms with Crippen molar-refractivity contribution in [3.63, 3.8) is 0 Å². The van der Waals surface area contributed by atoms with E-state index < -0.39 is 22.8 Å². The predicted octanol–water partition coefficient (Wildman–Crippen LogP) is 3.08. The lowest BCUT2D eigenvalue weighted by Gasteiger charge is -2.59. The maximum absolute atomic E-state index is 13.5. The second kappa shape index (κ2) is 8.52. The first-order chi connectivity index (χ1) is 16.8. The summed E-state index contributed by atoms with van der Waals surface area (Å²) in [6.45, 7) is 0. The molecule has 3 atom stereocenters. The average molecular weight is 478 g/mol. The molecule has 1 amide bonds. The van der Waals surface area contributed by atoms with Gasteiger partial charge in [0.25, 0.3) is 0 Å². The van der Waals surface area contributed by atoms with Crippen LogP contribution in [0.3, 0.4) is 0 Å². The number of amides is 1. The Hall–Kier alpha value is -3.67. The van der Waals surface area contributed by atoms with E-state index in [0.29, 0.717) is 36.3 Å². The molecule has 182 valence electrons. The Balaban J connectivity index is 1.32. The minimum atomic E-state index is -1.19. The lowest BCUT2D eigenvalue weighted by molar-refractivity contribution is -0.182. The van der Waals surface area contributed by atoms with Gasteiger partial charge in [-0.15, -0.1) is 0 Å². The van der Waals surface area contributed by atoms with E-state index >= 15 is 0 Å². The van der Waals surface area contributed by atoms with Gasteiger partial charge in [0.2, 0.25) is 5.91 Å². The Morgan fingerprint density at radius 1 is 1.20 bits per heavy atom. The second-order valence-electron chi connectivity index (χ2n) is 10.4. The molecule has 9 heteroatoms. The molecule has 2 N–H and O–H groups in total. The molecule has 0 aliphatic heterocycles. The zero-order valence-electron chi connectivity index (χ0n) is 19.5. The van der Waals surface area contributed by atoms with Crippen LogP contribution in [0.1, 0.15) is 49.8 Å². The smallest absolute Gasteiger partial charge is 0.326 e. The summed E-state index contributed by atoms with van der Waals surface area (Å²) >= 11 is 0. The van der Waals surface area contributed by atoms with E-state index in [-0.39, 0.29) is 30.1 Å². The number of hydrogen-bond donors (Lipinski definition) is 2. The third-order valence-corrected chi connectivity index (χ3v) is 8.04. The van der Waals surface area contributed by atoms with Gasteiger partial charge in [0, 0.05) is 18.1 Å². The topological polar surface area (TPSA) is 143 Å². The van der Waals surface area contributed by atoms with Crippen molar-refractivity contribution in [1.29, 1.82) is 5.26 Å². The number of nitriles is 1. The largest absolute Gasteiger partial charge is 0.480 e. The predicted molar refractivity (Wildman–Crippen MR) is 121 cm³/mol. The SMILES string of the molecule is COC(=O)C12CC3CC(CC(C(=O)NC(Cc4cc(-c5ccc(C#N)cc5)no4)C(=O)O)(C3)C1)C2. The van der Waals surface area contributed by atoms with Gasteiger partial charge in [-0.2, -0.15) is 5.26 Å². The fourth-order valence-corrected chi connectivity index (χ4v) is 6.96. The fourth-order valence-electron chi connectivity index (χ4n) is 6.96. The highest BCUT2D eigenvalue weighted by molar-refractivity contribution is 5.89. The molecule has 35 heavy (non-hydrogen) atoms. The molecule has 0 spiro atoms. The molecular weight excluding hydrogens is 450 g/mol. The number of carbonyl (C=O) groups is 3. The van der Waals surface area contributed by atoms with Crippen molar-refractivity contribution >= 4 is 17.8 Å². The van der Waals surface area contributed by atoms with E-state index in [1.165, 1.54) is 7.11 Å². The number of methoxy groups -OCH3 is 1. The van der Waals surface area contributed by atoms with Gasteiger partial charge in [-0.3, -0.25) is 9.59 Å². The zero-order chi connectivity index (χ0) is 24.8. The average Bonchev–Trinajstić information content (AvgIpc) is 3.30. The van der Waals surface area contributed by atoms with Crippen LogP contribution in [0.25, 0.3) is 11.3 Å². The van der Waals surface area contributed by atoms with E-state index in [0.717, 1.165) is 24.8 Å². The number of carboxylic acid groups (broad SMARTS) is 1. The van der Waals surface area contributed by atoms with E-state index in [1.54, 1.807) is 30.3 Å². The number of nitrogens with zero attached hydrogens (tertiary/aromatic N) is 2. The molecule has 4 saturated carbocycles. The third kappa shape index (κ3) is 4.07. The first kappa shape index (κ1) is 23.1. The second-order valence-corrected chi connectivity index (χ2v) is 10.4. The summed E-state index contributed by atoms with van der Waals surface area (Å²) < 4.78 is 10.5. The maximum Gasteiger partial charge on any atom is 0.326 e. The monoisotopic (exact) mass is 477 g/mol. The Kier molecular flexibility index (Phi) is 5.62. The van der Waals surface area contributed by atoms with Crippen molar-refractivity contribution in [2.24, 2.45) is 22.7 Å². The number of benzene rings is 1. The van der Waals surface area contributed by atoms with Crippen molar-refractivity contribution < 1.29 is 28.8 Å². The summed E-state index contributed by atoms with van der Waals surface area (Å²) in [5, 5.41) is 25.5. The number of aromatic nitrogens is 1. The number of rotatable bonds is 7. The maximum atomic E-state index is 13.5. The summed E-state index contributed by atoms with van der Waals surface area (Å²) in [5.41, 5.74) is 0.374. The Bertz CT molecular complexity index is 1200. The van der Waals surface area contributed by atoms with Crippen LogP contribution < -0.4 is 5.32 Å². The number of aliphatic carboxylic acids is 1. The van der Waals surface area contributed by atoms with E-state index in [2.05, 4.69) is 16.5 Å². The van der Waals surface area contributed by atoms with Crippen molar-refractivity contribution in [3.05, 3.63) is 41.7 Å². The van der Waals surface area contributed by atoms with Crippen LogP contribution >= 0.6 is 0 Å². The highest BCUT2D eigenvalue weighted by Gasteiger charge is 2.63. The molecule has 0 radical (unpaired) electrons. The van der Waals surface area contributed by atoms with Gasteiger partial charge in [-0.1, -0.05) is 17.3 Å². The van der Waals surface area contributed by atoms with Crippen LogP contribution in [0.4, 0.5) is 0 Å². The Labute approximate surface area is 202 Å². The van der Waals surface area contributed by atoms with Gasteiger partial charge in [0.15, 0.2) is 0 Å². The number of ether oxygens (including phenoxy) is 1. The van der Waals surface area contributed by atoms with Gasteiger partial charge in [-0.25, -0.2) is 4.79 Å². The first-order valence-electron chi connectivity index (χ1n) is 11.8. The minimum absolute atomic E-state index is 0.0601. The van der Waals surface area contributed by atoms with Gasteiger partial charge in [0.1, 0.15) is 17.5 Å². The van der Waals surface area contributed by atoms with E-state index in [1.807, 2.05) is 0 Å². The lowest BCUT2D eigenvalue weighted by atomic mass is 9.44. The molecule has 1 heterocycles. The van der Waals surface area contributed by atoms with Crippen LogP contribution in [-0.4, -0.2) is 41.3 Å². The molecule has 3 unspecified atom stereocenters. The summed E-state index contributed by atoms with van der Waals surface area (Å²) in [6.07, 6.45) is 4.18. The van der Waals surface area contributed by atoms with E-state index in [9.17, 15) is 19.5 Å². The van der Waals surface area contributed by atoms with Crippen LogP contribution in [0.5, 0.6) is 0 Å². The zero-order valence-corrected chi connectivity index (χ0v) is 19.5. The number of hydrogen-bond acceptors (Lipinski definition) is 7. The molecule has 4 fully saturated rings. The third-order valence-electron chi connectivity index (χ3n) is 8.04. The van der Waals surface area contributed by atoms with Gasteiger partial charge in [0.05, 0.1) is 29.6 Å². The number of carboxylic acids is 1.